The highest BCUT2D eigenvalue weighted by atomic mass is 16.4. The molecule has 0 aliphatic heterocycles. The lowest BCUT2D eigenvalue weighted by molar-refractivity contribution is -0.138. The van der Waals surface area contributed by atoms with Crippen LogP contribution >= 0.6 is 0 Å². The van der Waals surface area contributed by atoms with Crippen molar-refractivity contribution in [2.24, 2.45) is 0 Å². The van der Waals surface area contributed by atoms with E-state index in [1.807, 2.05) is 48.5 Å². The van der Waals surface area contributed by atoms with Gasteiger partial charge in [-0.05, 0) is 70.2 Å². The molecule has 4 nitrogen and oxygen atoms in total. The van der Waals surface area contributed by atoms with E-state index < -0.39 is 22.8 Å². The molecule has 0 heterocycles. The fourth-order valence-corrected chi connectivity index (χ4v) is 7.23. The standard InChI is InChI=1S/C34H30O4/c35-31(36)17-19-33(27-13-5-1-9-23(27)24-10-2-6-14-28(24)33)21-22-34(20-18-32(37)38)29-15-7-3-11-25(29)26-12-4-8-16-30(26)34/h1-16H,17-22H2,(H,35,36)(H,37,38). The summed E-state index contributed by atoms with van der Waals surface area (Å²) >= 11 is 0. The van der Waals surface area contributed by atoms with E-state index >= 15 is 0 Å². The van der Waals surface area contributed by atoms with E-state index in [9.17, 15) is 19.8 Å². The minimum atomic E-state index is -0.802. The molecular formula is C34H30O4. The van der Waals surface area contributed by atoms with Gasteiger partial charge in [0.2, 0.25) is 0 Å². The van der Waals surface area contributed by atoms with Gasteiger partial charge in [-0.15, -0.1) is 0 Å². The van der Waals surface area contributed by atoms with E-state index in [4.69, 9.17) is 0 Å². The molecule has 38 heavy (non-hydrogen) atoms. The van der Waals surface area contributed by atoms with Gasteiger partial charge in [-0.2, -0.15) is 0 Å². The zero-order valence-corrected chi connectivity index (χ0v) is 21.2. The second-order valence-electron chi connectivity index (χ2n) is 10.6. The lowest BCUT2D eigenvalue weighted by atomic mass is 9.64. The summed E-state index contributed by atoms with van der Waals surface area (Å²) < 4.78 is 0. The van der Waals surface area contributed by atoms with Gasteiger partial charge in [0.15, 0.2) is 0 Å². The van der Waals surface area contributed by atoms with Crippen molar-refractivity contribution in [1.82, 2.24) is 0 Å². The summed E-state index contributed by atoms with van der Waals surface area (Å²) in [6.07, 6.45) is 2.56. The van der Waals surface area contributed by atoms with Gasteiger partial charge < -0.3 is 10.2 Å². The largest absolute Gasteiger partial charge is 0.481 e. The molecule has 2 N–H and O–H groups in total. The Morgan fingerprint density at radius 3 is 0.974 bits per heavy atom. The quantitative estimate of drug-likeness (QED) is 0.250. The van der Waals surface area contributed by atoms with Crippen LogP contribution in [0.25, 0.3) is 22.3 Å². The summed E-state index contributed by atoms with van der Waals surface area (Å²) in [5, 5.41) is 19.5. The van der Waals surface area contributed by atoms with Crippen LogP contribution in [0.5, 0.6) is 0 Å². The SMILES string of the molecule is O=C(O)CCC1(CCC2(CCC(=O)O)c3ccccc3-c3ccccc32)c2ccccc2-c2ccccc21. The molecule has 2 aliphatic carbocycles. The predicted octanol–water partition coefficient (Wildman–Crippen LogP) is 7.43. The number of rotatable bonds is 9. The van der Waals surface area contributed by atoms with Gasteiger partial charge >= 0.3 is 11.9 Å². The van der Waals surface area contributed by atoms with Crippen LogP contribution in [0.1, 0.15) is 60.8 Å². The van der Waals surface area contributed by atoms with Crippen LogP contribution in [-0.2, 0) is 20.4 Å². The van der Waals surface area contributed by atoms with Crippen molar-refractivity contribution < 1.29 is 19.8 Å². The van der Waals surface area contributed by atoms with Gasteiger partial charge in [0.05, 0.1) is 0 Å². The van der Waals surface area contributed by atoms with Gasteiger partial charge in [0, 0.05) is 23.7 Å². The molecule has 0 atom stereocenters. The van der Waals surface area contributed by atoms with E-state index in [0.29, 0.717) is 12.8 Å². The zero-order valence-electron chi connectivity index (χ0n) is 21.2. The number of carboxylic acid groups (broad SMARTS) is 2. The van der Waals surface area contributed by atoms with Crippen molar-refractivity contribution in [3.8, 4) is 22.3 Å². The average molecular weight is 503 g/mol. The van der Waals surface area contributed by atoms with Crippen molar-refractivity contribution in [2.45, 2.75) is 49.4 Å². The molecule has 0 spiro atoms. The first-order chi connectivity index (χ1) is 18.5. The Labute approximate surface area is 222 Å². The van der Waals surface area contributed by atoms with Crippen LogP contribution in [0.15, 0.2) is 97.1 Å². The molecule has 6 rings (SSSR count). The van der Waals surface area contributed by atoms with Crippen LogP contribution in [0, 0.1) is 0 Å². The van der Waals surface area contributed by atoms with Crippen LogP contribution in [0.2, 0.25) is 0 Å². The lowest BCUT2D eigenvalue weighted by Gasteiger charge is -2.38. The van der Waals surface area contributed by atoms with Crippen molar-refractivity contribution in [3.05, 3.63) is 119 Å². The Hall–Kier alpha value is -4.18. The molecule has 0 unspecified atom stereocenters. The summed E-state index contributed by atoms with van der Waals surface area (Å²) in [6, 6.07) is 33.5. The van der Waals surface area contributed by atoms with E-state index in [1.165, 1.54) is 44.5 Å². The normalized spacial score (nSPS) is 15.3. The molecule has 0 aromatic heterocycles. The Kier molecular flexibility index (Phi) is 5.91. The minimum absolute atomic E-state index is 0.0674. The molecule has 0 fully saturated rings. The first-order valence-corrected chi connectivity index (χ1v) is 13.3. The molecular weight excluding hydrogens is 472 g/mol. The number of carboxylic acids is 2. The monoisotopic (exact) mass is 502 g/mol. The Bertz CT molecular complexity index is 1340. The van der Waals surface area contributed by atoms with Crippen molar-refractivity contribution in [2.75, 3.05) is 0 Å². The second-order valence-corrected chi connectivity index (χ2v) is 10.6. The third-order valence-corrected chi connectivity index (χ3v) is 8.86. The maximum Gasteiger partial charge on any atom is 0.303 e. The summed E-state index contributed by atoms with van der Waals surface area (Å²) in [5.74, 6) is -1.60. The zero-order chi connectivity index (χ0) is 26.3. The number of benzene rings is 4. The van der Waals surface area contributed by atoms with Gasteiger partial charge in [-0.3, -0.25) is 9.59 Å². The van der Waals surface area contributed by atoms with Gasteiger partial charge in [-0.25, -0.2) is 0 Å². The number of hydrogen-bond acceptors (Lipinski definition) is 2. The van der Waals surface area contributed by atoms with E-state index in [1.54, 1.807) is 0 Å². The number of hydrogen-bond donors (Lipinski definition) is 2. The van der Waals surface area contributed by atoms with Gasteiger partial charge in [0.1, 0.15) is 0 Å². The van der Waals surface area contributed by atoms with E-state index in [-0.39, 0.29) is 12.8 Å². The van der Waals surface area contributed by atoms with Crippen LogP contribution in [0.3, 0.4) is 0 Å². The minimum Gasteiger partial charge on any atom is -0.481 e. The van der Waals surface area contributed by atoms with Crippen LogP contribution in [0.4, 0.5) is 0 Å². The molecule has 4 aromatic rings. The molecule has 0 amide bonds. The van der Waals surface area contributed by atoms with Gasteiger partial charge in [0.25, 0.3) is 0 Å². The highest BCUT2D eigenvalue weighted by Gasteiger charge is 2.48. The van der Waals surface area contributed by atoms with Crippen molar-refractivity contribution in [3.63, 3.8) is 0 Å². The topological polar surface area (TPSA) is 74.6 Å². The molecule has 190 valence electrons. The van der Waals surface area contributed by atoms with Crippen molar-refractivity contribution >= 4 is 11.9 Å². The van der Waals surface area contributed by atoms with E-state index in [0.717, 1.165) is 12.8 Å². The molecule has 0 radical (unpaired) electrons. The third-order valence-electron chi connectivity index (χ3n) is 8.86. The molecule has 0 saturated heterocycles. The average Bonchev–Trinajstić information content (AvgIpc) is 3.38. The molecule has 0 bridgehead atoms. The molecule has 4 aromatic carbocycles. The highest BCUT2D eigenvalue weighted by Crippen LogP contribution is 2.58. The Morgan fingerprint density at radius 2 is 0.711 bits per heavy atom. The highest BCUT2D eigenvalue weighted by molar-refractivity contribution is 5.83. The van der Waals surface area contributed by atoms with E-state index in [2.05, 4.69) is 48.5 Å². The summed E-state index contributed by atoms with van der Waals surface area (Å²) in [6.45, 7) is 0. The predicted molar refractivity (Wildman–Crippen MR) is 148 cm³/mol. The molecule has 4 heteroatoms. The number of carbonyl (C=O) groups is 2. The molecule has 2 aliphatic rings. The summed E-state index contributed by atoms with van der Waals surface area (Å²) in [5.41, 5.74) is 8.44. The number of aliphatic carboxylic acids is 2. The van der Waals surface area contributed by atoms with Crippen LogP contribution in [-0.4, -0.2) is 22.2 Å². The molecule has 0 saturated carbocycles. The lowest BCUT2D eigenvalue weighted by Crippen LogP contribution is -2.33. The van der Waals surface area contributed by atoms with Crippen LogP contribution < -0.4 is 0 Å². The summed E-state index contributed by atoms with van der Waals surface area (Å²) in [4.78, 5) is 23.8. The Balaban J connectivity index is 1.52. The third kappa shape index (κ3) is 3.66. The first kappa shape index (κ1) is 24.2. The van der Waals surface area contributed by atoms with Crippen molar-refractivity contribution in [1.29, 1.82) is 0 Å². The second kappa shape index (κ2) is 9.29. The Morgan fingerprint density at radius 1 is 0.447 bits per heavy atom. The number of fused-ring (bicyclic) bond motifs is 6. The summed E-state index contributed by atoms with van der Waals surface area (Å²) in [7, 11) is 0. The first-order valence-electron chi connectivity index (χ1n) is 13.3. The fraction of sp³-hybridized carbons (Fsp3) is 0.235. The fourth-order valence-electron chi connectivity index (χ4n) is 7.23. The maximum absolute atomic E-state index is 11.9. The smallest absolute Gasteiger partial charge is 0.303 e. The van der Waals surface area contributed by atoms with Gasteiger partial charge in [-0.1, -0.05) is 97.1 Å². The maximum atomic E-state index is 11.9.